The fourth-order valence-electron chi connectivity index (χ4n) is 5.37. The van der Waals surface area contributed by atoms with Crippen molar-refractivity contribution in [1.82, 2.24) is 19.7 Å². The van der Waals surface area contributed by atoms with Gasteiger partial charge in [-0.1, -0.05) is 24.3 Å². The summed E-state index contributed by atoms with van der Waals surface area (Å²) in [6.45, 7) is 0.0286. The summed E-state index contributed by atoms with van der Waals surface area (Å²) in [6, 6.07) is 7.41. The number of likely N-dealkylation sites (N-methyl/N-ethyl adjacent to an activating group) is 1. The van der Waals surface area contributed by atoms with E-state index in [0.29, 0.717) is 12.4 Å². The van der Waals surface area contributed by atoms with Gasteiger partial charge in [0.25, 0.3) is 0 Å². The first-order chi connectivity index (χ1) is 26.3. The third kappa shape index (κ3) is 12.0. The van der Waals surface area contributed by atoms with Gasteiger partial charge < -0.3 is 33.6 Å². The Labute approximate surface area is 317 Å². The molecule has 1 aliphatic heterocycles. The second-order valence-electron chi connectivity index (χ2n) is 11.9. The molecule has 1 saturated heterocycles. The minimum atomic E-state index is -1.96. The molecule has 1 N–H and O–H groups in total. The zero-order valence-corrected chi connectivity index (χ0v) is 30.3. The summed E-state index contributed by atoms with van der Waals surface area (Å²) in [4.78, 5) is 52.7. The predicted octanol–water partition coefficient (Wildman–Crippen LogP) is 4.22. The fourth-order valence-corrected chi connectivity index (χ4v) is 6.73. The molecule has 1 fully saturated rings. The van der Waals surface area contributed by atoms with Gasteiger partial charge in [-0.05, 0) is 44.3 Å². The molecule has 0 saturated carbocycles. The molecule has 4 rings (SSSR count). The van der Waals surface area contributed by atoms with E-state index in [9.17, 15) is 33.1 Å². The Kier molecular flexibility index (Phi) is 15.5. The normalized spacial score (nSPS) is 18.0. The van der Waals surface area contributed by atoms with Crippen LogP contribution in [0.2, 0.25) is 0 Å². The molecule has 0 bridgehead atoms. The number of hydrogen-bond acceptors (Lipinski definition) is 14. The van der Waals surface area contributed by atoms with Crippen LogP contribution in [0.3, 0.4) is 0 Å². The van der Waals surface area contributed by atoms with E-state index in [4.69, 9.17) is 28.9 Å². The van der Waals surface area contributed by atoms with Crippen LogP contribution in [0.25, 0.3) is 6.08 Å². The molecule has 1 aliphatic rings. The number of esters is 1. The van der Waals surface area contributed by atoms with Crippen molar-refractivity contribution in [3.63, 3.8) is 0 Å². The molecule has 19 heteroatoms. The van der Waals surface area contributed by atoms with Crippen molar-refractivity contribution in [1.29, 1.82) is 5.26 Å². The Bertz CT molecular complexity index is 1900. The molecular weight excluding hydrogens is 751 g/mol. The average molecular weight is 788 g/mol. The smallest absolute Gasteiger partial charge is 0.480 e. The molecule has 3 atom stereocenters. The molecule has 3 aromatic rings. The van der Waals surface area contributed by atoms with Crippen LogP contribution in [-0.2, 0) is 50.2 Å². The van der Waals surface area contributed by atoms with Crippen molar-refractivity contribution in [2.24, 2.45) is 0 Å². The number of carbonyl (C=O) groups is 4. The number of aliphatic carboxylic acids is 1. The highest BCUT2D eigenvalue weighted by Gasteiger charge is 2.47. The van der Waals surface area contributed by atoms with Crippen LogP contribution in [0.4, 0.5) is 18.0 Å². The molecule has 0 aliphatic carbocycles. The Balaban J connectivity index is 1.45. The Morgan fingerprint density at radius 1 is 1.15 bits per heavy atom. The van der Waals surface area contributed by atoms with E-state index in [1.54, 1.807) is 25.2 Å². The number of rotatable bonds is 18. The number of carbonyl (C=O) groups excluding carboxylic acids is 3. The van der Waals surface area contributed by atoms with Crippen LogP contribution in [0, 0.1) is 28.8 Å². The van der Waals surface area contributed by atoms with Crippen molar-refractivity contribution >= 4 is 42.2 Å². The van der Waals surface area contributed by atoms with Gasteiger partial charge in [-0.2, -0.15) is 10.4 Å². The van der Waals surface area contributed by atoms with E-state index < -0.39 is 77.3 Å². The number of ether oxygens (including phenoxy) is 5. The van der Waals surface area contributed by atoms with Gasteiger partial charge in [0, 0.05) is 28.9 Å². The van der Waals surface area contributed by atoms with E-state index in [0.717, 1.165) is 23.1 Å². The number of carboxylic acid groups (broad SMARTS) is 1. The maximum absolute atomic E-state index is 15.6. The molecular formula is C36H36F3N5O10S. The van der Waals surface area contributed by atoms with Crippen LogP contribution in [-0.4, -0.2) is 106 Å². The molecule has 2 heterocycles. The number of halogens is 3. The number of aromatic nitrogens is 3. The highest BCUT2D eigenvalue weighted by atomic mass is 32.2. The van der Waals surface area contributed by atoms with E-state index in [1.807, 2.05) is 6.07 Å². The SMILES string of the molecule is CC(SC1COC(C=CC=Cc2ccc(C#N)cc2F)OC1)C(Cn1cncn1)(OC(=O)OCOC(=O)CN(C)C(CC=O)C(=O)O)c1ccc(F)cc1F. The van der Waals surface area contributed by atoms with Gasteiger partial charge in [0.15, 0.2) is 11.9 Å². The fraction of sp³-hybridized carbons (Fsp3) is 0.361. The topological polar surface area (TPSA) is 192 Å². The molecule has 1 aromatic heterocycles. The van der Waals surface area contributed by atoms with Gasteiger partial charge in [-0.3, -0.25) is 14.5 Å². The first-order valence-corrected chi connectivity index (χ1v) is 17.4. The Hall–Kier alpha value is -5.55. The molecule has 292 valence electrons. The maximum atomic E-state index is 15.6. The third-order valence-electron chi connectivity index (χ3n) is 8.16. The van der Waals surface area contributed by atoms with Crippen molar-refractivity contribution in [3.05, 3.63) is 101 Å². The molecule has 0 spiro atoms. The largest absolute Gasteiger partial charge is 0.512 e. The van der Waals surface area contributed by atoms with Crippen LogP contribution >= 0.6 is 11.8 Å². The van der Waals surface area contributed by atoms with Gasteiger partial charge in [0.05, 0.1) is 43.2 Å². The van der Waals surface area contributed by atoms with E-state index >= 15 is 4.39 Å². The zero-order valence-electron chi connectivity index (χ0n) is 29.5. The van der Waals surface area contributed by atoms with Crippen molar-refractivity contribution < 1.29 is 61.1 Å². The number of hydrogen-bond donors (Lipinski definition) is 1. The van der Waals surface area contributed by atoms with Crippen molar-refractivity contribution in [3.8, 4) is 6.07 Å². The quantitative estimate of drug-likeness (QED) is 0.0833. The van der Waals surface area contributed by atoms with Crippen LogP contribution in [0.5, 0.6) is 0 Å². The minimum Gasteiger partial charge on any atom is -0.480 e. The van der Waals surface area contributed by atoms with Gasteiger partial charge >= 0.3 is 18.1 Å². The average Bonchev–Trinajstić information content (AvgIpc) is 3.66. The van der Waals surface area contributed by atoms with Gasteiger partial charge in [-0.15, -0.1) is 11.8 Å². The maximum Gasteiger partial charge on any atom is 0.512 e. The summed E-state index contributed by atoms with van der Waals surface area (Å²) in [6.07, 6.45) is 6.65. The number of benzene rings is 2. The van der Waals surface area contributed by atoms with Gasteiger partial charge in [-0.25, -0.2) is 27.6 Å². The highest BCUT2D eigenvalue weighted by molar-refractivity contribution is 8.00. The summed E-state index contributed by atoms with van der Waals surface area (Å²) in [5.41, 5.74) is -1.71. The number of nitriles is 1. The lowest BCUT2D eigenvalue weighted by Crippen LogP contribution is -2.47. The number of allylic oxidation sites excluding steroid dienone is 2. The Morgan fingerprint density at radius 2 is 1.91 bits per heavy atom. The summed E-state index contributed by atoms with van der Waals surface area (Å²) in [7, 11) is 1.29. The summed E-state index contributed by atoms with van der Waals surface area (Å²) in [5, 5.41) is 21.0. The summed E-state index contributed by atoms with van der Waals surface area (Å²) in [5.74, 6) is -4.81. The molecule has 55 heavy (non-hydrogen) atoms. The number of thioether (sulfide) groups is 1. The second-order valence-corrected chi connectivity index (χ2v) is 13.6. The summed E-state index contributed by atoms with van der Waals surface area (Å²) < 4.78 is 72.6. The predicted molar refractivity (Wildman–Crippen MR) is 187 cm³/mol. The lowest BCUT2D eigenvalue weighted by molar-refractivity contribution is -0.158. The first-order valence-electron chi connectivity index (χ1n) is 16.4. The van der Waals surface area contributed by atoms with Crippen LogP contribution in [0.1, 0.15) is 30.0 Å². The molecule has 3 unspecified atom stereocenters. The number of aldehydes is 1. The number of nitrogens with zero attached hydrogens (tertiary/aromatic N) is 5. The lowest BCUT2D eigenvalue weighted by Gasteiger charge is -2.40. The van der Waals surface area contributed by atoms with Crippen molar-refractivity contribution in [2.75, 3.05) is 33.6 Å². The standard InChI is InChI=1S/C36H36F3N5O10S/c1-23(55-27-17-50-33(51-18-27)6-4-3-5-25-8-7-24(15-40)13-29(25)38)36(19-44-21-41-20-42-44,28-10-9-26(37)14-30(28)39)54-35(49)53-22-52-32(46)16-43(2)31(11-12-45)34(47)48/h3-10,12-14,20-21,23,27,31,33H,11,16-19,22H2,1-2H3,(H,47,48). The molecule has 0 amide bonds. The third-order valence-corrected chi connectivity index (χ3v) is 9.60. The summed E-state index contributed by atoms with van der Waals surface area (Å²) >= 11 is 1.20. The lowest BCUT2D eigenvalue weighted by atomic mass is 9.89. The van der Waals surface area contributed by atoms with Crippen molar-refractivity contribution in [2.45, 2.75) is 48.3 Å². The van der Waals surface area contributed by atoms with Crippen LogP contribution in [0.15, 0.2) is 67.3 Å². The second kappa shape index (κ2) is 20.2. The van der Waals surface area contributed by atoms with Gasteiger partial charge in [0.2, 0.25) is 6.79 Å². The zero-order chi connectivity index (χ0) is 40.0. The molecule has 2 aromatic carbocycles. The molecule has 0 radical (unpaired) electrons. The van der Waals surface area contributed by atoms with E-state index in [1.165, 1.54) is 54.4 Å². The van der Waals surface area contributed by atoms with E-state index in [-0.39, 0.29) is 42.9 Å². The Morgan fingerprint density at radius 3 is 2.55 bits per heavy atom. The minimum absolute atomic E-state index is 0.133. The van der Waals surface area contributed by atoms with E-state index in [2.05, 4.69) is 10.1 Å². The monoisotopic (exact) mass is 787 g/mol. The molecule has 15 nitrogen and oxygen atoms in total. The van der Waals surface area contributed by atoms with Crippen LogP contribution < -0.4 is 0 Å². The highest BCUT2D eigenvalue weighted by Crippen LogP contribution is 2.42. The van der Waals surface area contributed by atoms with Gasteiger partial charge in [0.1, 0.15) is 42.4 Å². The number of carboxylic acids is 1. The first kappa shape index (κ1) is 42.2.